The number of rotatable bonds is 4. The second kappa shape index (κ2) is 5.69. The summed E-state index contributed by atoms with van der Waals surface area (Å²) in [5.41, 5.74) is 1.73. The Kier molecular flexibility index (Phi) is 3.72. The van der Waals surface area contributed by atoms with Gasteiger partial charge in [0.15, 0.2) is 5.58 Å². The van der Waals surface area contributed by atoms with Gasteiger partial charge in [0, 0.05) is 6.54 Å². The van der Waals surface area contributed by atoms with Crippen LogP contribution < -0.4 is 10.5 Å². The third-order valence-electron chi connectivity index (χ3n) is 3.22. The van der Waals surface area contributed by atoms with Crippen molar-refractivity contribution >= 4 is 21.1 Å². The zero-order valence-electron chi connectivity index (χ0n) is 11.9. The van der Waals surface area contributed by atoms with E-state index in [-0.39, 0.29) is 10.6 Å². The fourth-order valence-electron chi connectivity index (χ4n) is 2.16. The van der Waals surface area contributed by atoms with Gasteiger partial charge in [-0.3, -0.25) is 4.57 Å². The molecule has 6 nitrogen and oxygen atoms in total. The topological polar surface area (TPSA) is 76.6 Å². The Morgan fingerprint density at radius 1 is 1.09 bits per heavy atom. The van der Waals surface area contributed by atoms with Crippen molar-refractivity contribution in [2.75, 3.05) is 0 Å². The molecule has 0 unspecified atom stereocenters. The van der Waals surface area contributed by atoms with Crippen LogP contribution >= 0.6 is 0 Å². The number of oxazole rings is 1. The first-order valence-corrected chi connectivity index (χ1v) is 8.29. The van der Waals surface area contributed by atoms with Gasteiger partial charge in [-0.2, -0.15) is 13.2 Å². The van der Waals surface area contributed by atoms with Gasteiger partial charge in [0.2, 0.25) is 0 Å². The van der Waals surface area contributed by atoms with Gasteiger partial charge in [0.05, 0.1) is 10.4 Å². The van der Waals surface area contributed by atoms with E-state index in [0.29, 0.717) is 12.1 Å². The summed E-state index contributed by atoms with van der Waals surface area (Å²) in [5.74, 6) is 0. The van der Waals surface area contributed by atoms with Crippen molar-refractivity contribution < 1.29 is 12.8 Å². The maximum atomic E-state index is 12.2. The van der Waals surface area contributed by atoms with E-state index >= 15 is 0 Å². The van der Waals surface area contributed by atoms with E-state index in [4.69, 9.17) is 4.42 Å². The van der Waals surface area contributed by atoms with Crippen LogP contribution in [0.25, 0.3) is 11.1 Å². The average Bonchev–Trinajstić information content (AvgIpc) is 2.91. The lowest BCUT2D eigenvalue weighted by molar-refractivity contribution is 0.478. The van der Waals surface area contributed by atoms with Gasteiger partial charge >= 0.3 is 5.68 Å². The van der Waals surface area contributed by atoms with Crippen molar-refractivity contribution in [3.63, 3.8) is 0 Å². The molecule has 0 aliphatic carbocycles. The minimum atomic E-state index is -3.71. The highest BCUT2D eigenvalue weighted by Crippen LogP contribution is 2.11. The summed E-state index contributed by atoms with van der Waals surface area (Å²) in [5, 5.41) is 3.92. The number of aryl methyl sites for hydroxylation is 1. The van der Waals surface area contributed by atoms with Crippen LogP contribution in [0.4, 0.5) is 0 Å². The van der Waals surface area contributed by atoms with Gasteiger partial charge in [-0.1, -0.05) is 30.3 Å². The molecular weight excluding hydrogens is 302 g/mol. The second-order valence-corrected chi connectivity index (χ2v) is 6.28. The summed E-state index contributed by atoms with van der Waals surface area (Å²) in [6.45, 7) is 2.55. The molecule has 0 atom stereocenters. The lowest BCUT2D eigenvalue weighted by Crippen LogP contribution is -2.25. The summed E-state index contributed by atoms with van der Waals surface area (Å²) in [4.78, 5) is 2.36. The molecule has 1 heterocycles. The first kappa shape index (κ1) is 14.4. The summed E-state index contributed by atoms with van der Waals surface area (Å²) in [6.07, 6.45) is 0. The summed E-state index contributed by atoms with van der Waals surface area (Å²) < 4.78 is 31.7. The standard InChI is InChI=1S/C15H15N3O3S/c1-2-18-13-10-6-7-11-14(13)21-15(18)16-17-22(19,20)12-8-4-3-5-9-12/h3-11,17H,2H2,1H3. The molecular formula is C15H15N3O3S. The van der Waals surface area contributed by atoms with E-state index in [1.54, 1.807) is 22.8 Å². The number of sulfonamides is 1. The van der Waals surface area contributed by atoms with Crippen LogP contribution in [0, 0.1) is 0 Å². The maximum absolute atomic E-state index is 12.2. The van der Waals surface area contributed by atoms with Crippen molar-refractivity contribution in [2.45, 2.75) is 18.4 Å². The van der Waals surface area contributed by atoms with Crippen LogP contribution in [-0.2, 0) is 16.6 Å². The highest BCUT2D eigenvalue weighted by molar-refractivity contribution is 7.89. The quantitative estimate of drug-likeness (QED) is 0.748. The van der Waals surface area contributed by atoms with Crippen LogP contribution in [0.1, 0.15) is 6.92 Å². The highest BCUT2D eigenvalue weighted by Gasteiger charge is 2.12. The largest absolute Gasteiger partial charge is 0.422 e. The minimum absolute atomic E-state index is 0.151. The normalized spacial score (nSPS) is 12.7. The Hall–Kier alpha value is -2.54. The van der Waals surface area contributed by atoms with Crippen LogP contribution in [-0.4, -0.2) is 13.0 Å². The molecule has 0 bridgehead atoms. The highest BCUT2D eigenvalue weighted by atomic mass is 32.2. The Morgan fingerprint density at radius 3 is 2.50 bits per heavy atom. The van der Waals surface area contributed by atoms with Crippen LogP contribution in [0.2, 0.25) is 0 Å². The van der Waals surface area contributed by atoms with Crippen LogP contribution in [0.5, 0.6) is 0 Å². The lowest BCUT2D eigenvalue weighted by atomic mass is 10.3. The predicted molar refractivity (Wildman–Crippen MR) is 82.2 cm³/mol. The van der Waals surface area contributed by atoms with Gasteiger partial charge in [0.1, 0.15) is 0 Å². The molecule has 0 radical (unpaired) electrons. The molecule has 3 aromatic rings. The van der Waals surface area contributed by atoms with Crippen LogP contribution in [0.3, 0.4) is 0 Å². The molecule has 7 heteroatoms. The van der Waals surface area contributed by atoms with E-state index in [1.807, 2.05) is 31.2 Å². The van der Waals surface area contributed by atoms with Gasteiger partial charge in [-0.25, -0.2) is 0 Å². The van der Waals surface area contributed by atoms with Gasteiger partial charge < -0.3 is 4.42 Å². The fourth-order valence-corrected chi connectivity index (χ4v) is 2.98. The summed E-state index contributed by atoms with van der Waals surface area (Å²) in [7, 11) is -3.71. The molecule has 0 fully saturated rings. The molecule has 0 aliphatic heterocycles. The Bertz CT molecular complexity index is 956. The second-order valence-electron chi connectivity index (χ2n) is 4.62. The van der Waals surface area contributed by atoms with Crippen molar-refractivity contribution in [3.8, 4) is 0 Å². The zero-order chi connectivity index (χ0) is 15.6. The maximum Gasteiger partial charge on any atom is 0.320 e. The molecule has 0 saturated heterocycles. The van der Waals surface area contributed by atoms with Crippen molar-refractivity contribution in [1.82, 2.24) is 9.40 Å². The number of para-hydroxylation sites is 2. The van der Waals surface area contributed by atoms with E-state index < -0.39 is 10.0 Å². The number of hydrogen-bond donors (Lipinski definition) is 1. The molecule has 0 spiro atoms. The van der Waals surface area contributed by atoms with Gasteiger partial charge in [0.25, 0.3) is 10.0 Å². The van der Waals surface area contributed by atoms with Gasteiger partial charge in [-0.15, -0.1) is 5.10 Å². The predicted octanol–water partition coefficient (Wildman–Crippen LogP) is 2.05. The Morgan fingerprint density at radius 2 is 1.77 bits per heavy atom. The average molecular weight is 317 g/mol. The molecule has 2 aromatic carbocycles. The molecule has 0 aliphatic rings. The molecule has 1 N–H and O–H groups in total. The molecule has 114 valence electrons. The summed E-state index contributed by atoms with van der Waals surface area (Å²) in [6, 6.07) is 15.5. The van der Waals surface area contributed by atoms with Gasteiger partial charge in [-0.05, 0) is 31.2 Å². The number of nitrogens with zero attached hydrogens (tertiary/aromatic N) is 2. The van der Waals surface area contributed by atoms with Crippen molar-refractivity contribution in [1.29, 1.82) is 0 Å². The molecule has 0 amide bonds. The molecule has 3 rings (SSSR count). The third-order valence-corrected chi connectivity index (χ3v) is 4.44. The number of nitrogens with one attached hydrogen (secondary N) is 1. The molecule has 1 aromatic heterocycles. The van der Waals surface area contributed by atoms with Crippen LogP contribution in [0.15, 0.2) is 69.0 Å². The minimum Gasteiger partial charge on any atom is -0.422 e. The number of benzene rings is 2. The third kappa shape index (κ3) is 2.62. The summed E-state index contributed by atoms with van der Waals surface area (Å²) >= 11 is 0. The monoisotopic (exact) mass is 317 g/mol. The van der Waals surface area contributed by atoms with E-state index in [0.717, 1.165) is 5.52 Å². The first-order chi connectivity index (χ1) is 10.6. The van der Waals surface area contributed by atoms with E-state index in [2.05, 4.69) is 9.93 Å². The number of hydrogen-bond acceptors (Lipinski definition) is 4. The SMILES string of the molecule is CCn1c(=NNS(=O)(=O)c2ccccc2)oc2ccccc21. The fraction of sp³-hybridized carbons (Fsp3) is 0.133. The van der Waals surface area contributed by atoms with Crippen molar-refractivity contribution in [2.24, 2.45) is 5.10 Å². The smallest absolute Gasteiger partial charge is 0.320 e. The Labute approximate surface area is 127 Å². The lowest BCUT2D eigenvalue weighted by Gasteiger charge is -2.02. The number of fused-ring (bicyclic) bond motifs is 1. The first-order valence-electron chi connectivity index (χ1n) is 6.81. The molecule has 0 saturated carbocycles. The van der Waals surface area contributed by atoms with Crippen molar-refractivity contribution in [3.05, 3.63) is 60.3 Å². The number of aromatic nitrogens is 1. The Balaban J connectivity index is 2.03. The zero-order valence-corrected chi connectivity index (χ0v) is 12.7. The molecule has 22 heavy (non-hydrogen) atoms. The van der Waals surface area contributed by atoms with E-state index in [1.165, 1.54) is 12.1 Å². The van der Waals surface area contributed by atoms with E-state index in [9.17, 15) is 8.42 Å².